The van der Waals surface area contributed by atoms with Crippen LogP contribution in [0.25, 0.3) is 0 Å². The van der Waals surface area contributed by atoms with Gasteiger partial charge in [-0.15, -0.1) is 0 Å². The van der Waals surface area contributed by atoms with Crippen LogP contribution in [-0.2, 0) is 11.3 Å². The van der Waals surface area contributed by atoms with E-state index >= 15 is 0 Å². The Morgan fingerprint density at radius 1 is 1.31 bits per heavy atom. The van der Waals surface area contributed by atoms with E-state index in [2.05, 4.69) is 5.16 Å². The van der Waals surface area contributed by atoms with Crippen molar-refractivity contribution in [1.82, 2.24) is 10.1 Å². The van der Waals surface area contributed by atoms with Crippen LogP contribution in [0.2, 0.25) is 0 Å². The number of hydrogen-bond donors (Lipinski definition) is 0. The van der Waals surface area contributed by atoms with Crippen LogP contribution in [0.4, 0.5) is 0 Å². The number of ether oxygens (including phenoxy) is 3. The number of carbonyl (C=O) groups is 1. The smallest absolute Gasteiger partial charge is 0.276 e. The highest BCUT2D eigenvalue weighted by Crippen LogP contribution is 2.36. The molecule has 2 heterocycles. The lowest BCUT2D eigenvalue weighted by molar-refractivity contribution is 0.0776. The highest BCUT2D eigenvalue weighted by atomic mass is 16.5. The summed E-state index contributed by atoms with van der Waals surface area (Å²) in [4.78, 5) is 14.7. The Labute approximate surface area is 152 Å². The lowest BCUT2D eigenvalue weighted by Gasteiger charge is -2.18. The van der Waals surface area contributed by atoms with Crippen molar-refractivity contribution in [3.8, 4) is 11.5 Å². The van der Waals surface area contributed by atoms with Crippen molar-refractivity contribution in [3.05, 3.63) is 40.8 Å². The Hall–Kier alpha value is -2.54. The first-order valence-electron chi connectivity index (χ1n) is 8.54. The standard InChI is InChI=1S/C19H24N2O5/c1-12-16(11-23-2)18(20-26-12)19(22)21-8-7-13(10-21)15-9-14(24-3)5-6-17(15)25-4/h5-6,9,13H,7-8,10-11H2,1-4H3/t13-/m1/s1. The number of nitrogens with zero attached hydrogens (tertiary/aromatic N) is 2. The normalized spacial score (nSPS) is 16.8. The van der Waals surface area contributed by atoms with Gasteiger partial charge in [0.15, 0.2) is 5.69 Å². The summed E-state index contributed by atoms with van der Waals surface area (Å²) < 4.78 is 21.2. The first-order chi connectivity index (χ1) is 12.6. The molecule has 0 radical (unpaired) electrons. The van der Waals surface area contributed by atoms with E-state index in [1.807, 2.05) is 18.2 Å². The molecule has 26 heavy (non-hydrogen) atoms. The molecule has 2 aromatic rings. The lowest BCUT2D eigenvalue weighted by Crippen LogP contribution is -2.29. The van der Waals surface area contributed by atoms with Crippen molar-refractivity contribution in [2.24, 2.45) is 0 Å². The minimum atomic E-state index is -0.127. The highest BCUT2D eigenvalue weighted by Gasteiger charge is 2.32. The van der Waals surface area contributed by atoms with Crippen molar-refractivity contribution in [1.29, 1.82) is 0 Å². The van der Waals surface area contributed by atoms with Crippen LogP contribution in [0.5, 0.6) is 11.5 Å². The third kappa shape index (κ3) is 3.39. The third-order valence-corrected chi connectivity index (χ3v) is 4.83. The average Bonchev–Trinajstić information content (AvgIpc) is 3.29. The maximum Gasteiger partial charge on any atom is 0.276 e. The number of methoxy groups -OCH3 is 3. The summed E-state index contributed by atoms with van der Waals surface area (Å²) in [6.45, 7) is 3.34. The third-order valence-electron chi connectivity index (χ3n) is 4.83. The SMILES string of the molecule is COCc1c(C(=O)N2CC[C@@H](c3cc(OC)ccc3OC)C2)noc1C. The fourth-order valence-electron chi connectivity index (χ4n) is 3.38. The first kappa shape index (κ1) is 18.3. The average molecular weight is 360 g/mol. The molecule has 0 bridgehead atoms. The van der Waals surface area contributed by atoms with Gasteiger partial charge in [0.25, 0.3) is 5.91 Å². The summed E-state index contributed by atoms with van der Waals surface area (Å²) in [6, 6.07) is 5.75. The molecule has 0 saturated carbocycles. The predicted molar refractivity (Wildman–Crippen MR) is 94.8 cm³/mol. The number of carbonyl (C=O) groups excluding carboxylic acids is 1. The molecule has 1 aromatic heterocycles. The molecule has 0 aliphatic carbocycles. The topological polar surface area (TPSA) is 74.0 Å². The maximum absolute atomic E-state index is 12.9. The minimum absolute atomic E-state index is 0.127. The zero-order valence-corrected chi connectivity index (χ0v) is 15.6. The number of amides is 1. The van der Waals surface area contributed by atoms with E-state index in [0.717, 1.165) is 23.5 Å². The number of hydrogen-bond acceptors (Lipinski definition) is 6. The number of benzene rings is 1. The summed E-state index contributed by atoms with van der Waals surface area (Å²) in [5.74, 6) is 2.25. The summed E-state index contributed by atoms with van der Waals surface area (Å²) in [5.41, 5.74) is 2.10. The van der Waals surface area contributed by atoms with Gasteiger partial charge in [-0.1, -0.05) is 5.16 Å². The molecule has 3 rings (SSSR count). The lowest BCUT2D eigenvalue weighted by atomic mass is 9.97. The zero-order chi connectivity index (χ0) is 18.7. The Balaban J connectivity index is 1.80. The Kier molecular flexibility index (Phi) is 5.46. The Morgan fingerprint density at radius 2 is 2.12 bits per heavy atom. The van der Waals surface area contributed by atoms with Crippen LogP contribution in [0.15, 0.2) is 22.7 Å². The van der Waals surface area contributed by atoms with Gasteiger partial charge in [0, 0.05) is 31.7 Å². The quantitative estimate of drug-likeness (QED) is 0.789. The summed E-state index contributed by atoms with van der Waals surface area (Å²) in [7, 11) is 4.88. The second-order valence-electron chi connectivity index (χ2n) is 6.34. The molecular formula is C19H24N2O5. The van der Waals surface area contributed by atoms with Crippen LogP contribution in [0.1, 0.15) is 39.7 Å². The molecule has 140 valence electrons. The number of rotatable bonds is 6. The van der Waals surface area contributed by atoms with Crippen molar-refractivity contribution < 1.29 is 23.5 Å². The van der Waals surface area contributed by atoms with Crippen molar-refractivity contribution in [2.45, 2.75) is 25.9 Å². The monoisotopic (exact) mass is 360 g/mol. The van der Waals surface area contributed by atoms with Gasteiger partial charge in [-0.2, -0.15) is 0 Å². The molecule has 0 spiro atoms. The fraction of sp³-hybridized carbons (Fsp3) is 0.474. The molecular weight excluding hydrogens is 336 g/mol. The van der Waals surface area contributed by atoms with Crippen molar-refractivity contribution in [3.63, 3.8) is 0 Å². The van der Waals surface area contributed by atoms with Crippen LogP contribution in [0.3, 0.4) is 0 Å². The molecule has 0 unspecified atom stereocenters. The van der Waals surface area contributed by atoms with Gasteiger partial charge in [-0.05, 0) is 31.5 Å². The van der Waals surface area contributed by atoms with Gasteiger partial charge in [-0.3, -0.25) is 4.79 Å². The molecule has 1 aliphatic heterocycles. The van der Waals surface area contributed by atoms with Crippen LogP contribution >= 0.6 is 0 Å². The molecule has 1 saturated heterocycles. The van der Waals surface area contributed by atoms with Crippen molar-refractivity contribution in [2.75, 3.05) is 34.4 Å². The summed E-state index contributed by atoms with van der Waals surface area (Å²) in [5, 5.41) is 3.95. The largest absolute Gasteiger partial charge is 0.497 e. The second kappa shape index (κ2) is 7.78. The van der Waals surface area contributed by atoms with Crippen LogP contribution in [0, 0.1) is 6.92 Å². The van der Waals surface area contributed by atoms with Gasteiger partial charge in [0.1, 0.15) is 17.3 Å². The molecule has 1 atom stereocenters. The Bertz CT molecular complexity index is 786. The second-order valence-corrected chi connectivity index (χ2v) is 6.34. The summed E-state index contributed by atoms with van der Waals surface area (Å²) in [6.07, 6.45) is 0.853. The molecule has 1 aromatic carbocycles. The van der Waals surface area contributed by atoms with Crippen molar-refractivity contribution >= 4 is 5.91 Å². The molecule has 0 N–H and O–H groups in total. The Morgan fingerprint density at radius 3 is 2.81 bits per heavy atom. The molecule has 7 heteroatoms. The highest BCUT2D eigenvalue weighted by molar-refractivity contribution is 5.94. The van der Waals surface area contributed by atoms with Gasteiger partial charge < -0.3 is 23.6 Å². The minimum Gasteiger partial charge on any atom is -0.497 e. The van der Waals surface area contributed by atoms with Gasteiger partial charge in [0.05, 0.1) is 26.4 Å². The number of likely N-dealkylation sites (tertiary alicyclic amines) is 1. The zero-order valence-electron chi connectivity index (χ0n) is 15.6. The summed E-state index contributed by atoms with van der Waals surface area (Å²) >= 11 is 0. The molecule has 1 aliphatic rings. The van der Waals surface area contributed by atoms with E-state index < -0.39 is 0 Å². The van der Waals surface area contributed by atoms with E-state index in [1.165, 1.54) is 0 Å². The van der Waals surface area contributed by atoms with E-state index in [9.17, 15) is 4.79 Å². The number of aromatic nitrogens is 1. The number of aryl methyl sites for hydroxylation is 1. The van der Waals surface area contributed by atoms with Crippen LogP contribution in [-0.4, -0.2) is 50.4 Å². The van der Waals surface area contributed by atoms with Gasteiger partial charge in [-0.25, -0.2) is 0 Å². The first-order valence-corrected chi connectivity index (χ1v) is 8.54. The maximum atomic E-state index is 12.9. The molecule has 1 amide bonds. The fourth-order valence-corrected chi connectivity index (χ4v) is 3.38. The molecule has 1 fully saturated rings. The van der Waals surface area contributed by atoms with E-state index in [1.54, 1.807) is 33.2 Å². The van der Waals surface area contributed by atoms with Crippen LogP contribution < -0.4 is 9.47 Å². The van der Waals surface area contributed by atoms with Gasteiger partial charge in [0.2, 0.25) is 0 Å². The predicted octanol–water partition coefficient (Wildman–Crippen LogP) is 2.78. The van der Waals surface area contributed by atoms with E-state index in [-0.39, 0.29) is 11.8 Å². The van der Waals surface area contributed by atoms with E-state index in [4.69, 9.17) is 18.7 Å². The molecule has 7 nitrogen and oxygen atoms in total. The van der Waals surface area contributed by atoms with Gasteiger partial charge >= 0.3 is 0 Å². The van der Waals surface area contributed by atoms with E-state index in [0.29, 0.717) is 36.7 Å².